The monoisotopic (exact) mass is 286 g/mol. The molecule has 0 aliphatic rings. The minimum Gasteiger partial charge on any atom is -0.504 e. The van der Waals surface area contributed by atoms with E-state index in [0.29, 0.717) is 11.3 Å². The van der Waals surface area contributed by atoms with Gasteiger partial charge < -0.3 is 9.84 Å². The van der Waals surface area contributed by atoms with E-state index in [1.165, 1.54) is 13.2 Å². The normalized spacial score (nSPS) is 12.2. The molecule has 88 valence electrons. The van der Waals surface area contributed by atoms with E-state index in [1.54, 1.807) is 12.1 Å². The summed E-state index contributed by atoms with van der Waals surface area (Å²) in [5.41, 5.74) is 0.494. The number of methoxy groups -OCH3 is 1. The molecule has 0 fully saturated rings. The summed E-state index contributed by atoms with van der Waals surface area (Å²) in [6.07, 6.45) is 1.72. The highest BCUT2D eigenvalue weighted by atomic mass is 79.9. The zero-order valence-electron chi connectivity index (χ0n) is 9.37. The fourth-order valence-corrected chi connectivity index (χ4v) is 2.13. The van der Waals surface area contributed by atoms with Crippen molar-refractivity contribution in [2.75, 3.05) is 7.11 Å². The summed E-state index contributed by atoms with van der Waals surface area (Å²) < 4.78 is 4.91. The minimum atomic E-state index is -0.190. The Balaban J connectivity index is 2.88. The maximum absolute atomic E-state index is 11.9. The van der Waals surface area contributed by atoms with Crippen LogP contribution in [0, 0.1) is 0 Å². The molecule has 1 aromatic carbocycles. The van der Waals surface area contributed by atoms with E-state index >= 15 is 0 Å². The molecule has 1 N–H and O–H groups in total. The van der Waals surface area contributed by atoms with Gasteiger partial charge in [-0.25, -0.2) is 0 Å². The van der Waals surface area contributed by atoms with Crippen LogP contribution >= 0.6 is 15.9 Å². The first-order chi connectivity index (χ1) is 7.60. The maximum atomic E-state index is 11.9. The number of ether oxygens (including phenoxy) is 1. The van der Waals surface area contributed by atoms with Gasteiger partial charge in [0.2, 0.25) is 0 Å². The second kappa shape index (κ2) is 5.89. The van der Waals surface area contributed by atoms with Crippen LogP contribution in [0.5, 0.6) is 11.5 Å². The number of halogens is 1. The molecule has 1 unspecified atom stereocenters. The van der Waals surface area contributed by atoms with Crippen LogP contribution in [0.3, 0.4) is 0 Å². The lowest BCUT2D eigenvalue weighted by molar-refractivity contribution is 0.0988. The molecule has 1 rings (SSSR count). The van der Waals surface area contributed by atoms with Crippen LogP contribution in [0.25, 0.3) is 0 Å². The lowest BCUT2D eigenvalue weighted by Crippen LogP contribution is -2.13. The van der Waals surface area contributed by atoms with E-state index in [-0.39, 0.29) is 16.4 Å². The Bertz CT molecular complexity index is 377. The van der Waals surface area contributed by atoms with Crippen molar-refractivity contribution in [3.8, 4) is 11.5 Å². The molecule has 0 saturated heterocycles. The van der Waals surface area contributed by atoms with E-state index in [4.69, 9.17) is 4.74 Å². The number of Topliss-reactive ketones (excluding diaryl/α,β-unsaturated/α-hetero) is 1. The van der Waals surface area contributed by atoms with Crippen molar-refractivity contribution in [3.05, 3.63) is 23.8 Å². The fourth-order valence-electron chi connectivity index (χ4n) is 1.41. The van der Waals surface area contributed by atoms with Crippen LogP contribution < -0.4 is 4.74 Å². The number of phenolic OH excluding ortho intramolecular Hbond substituents is 1. The van der Waals surface area contributed by atoms with Gasteiger partial charge in [-0.05, 0) is 24.6 Å². The number of carbonyl (C=O) groups excluding carboxylic acids is 1. The third kappa shape index (κ3) is 2.98. The largest absolute Gasteiger partial charge is 0.504 e. The molecule has 1 aromatic rings. The minimum absolute atomic E-state index is 0.00968. The van der Waals surface area contributed by atoms with Crippen LogP contribution in [-0.2, 0) is 0 Å². The molecule has 0 aliphatic heterocycles. The lowest BCUT2D eigenvalue weighted by Gasteiger charge is -2.09. The van der Waals surface area contributed by atoms with Gasteiger partial charge >= 0.3 is 0 Å². The summed E-state index contributed by atoms with van der Waals surface area (Å²) in [5, 5.41) is 9.56. The number of carbonyl (C=O) groups is 1. The molecule has 0 saturated carbocycles. The van der Waals surface area contributed by atoms with Crippen molar-refractivity contribution in [3.63, 3.8) is 0 Å². The van der Waals surface area contributed by atoms with Gasteiger partial charge in [0.05, 0.1) is 11.9 Å². The van der Waals surface area contributed by atoms with E-state index in [9.17, 15) is 9.90 Å². The van der Waals surface area contributed by atoms with E-state index in [2.05, 4.69) is 15.9 Å². The topological polar surface area (TPSA) is 46.5 Å². The smallest absolute Gasteiger partial charge is 0.176 e. The molecule has 0 aliphatic carbocycles. The predicted octanol–water partition coefficient (Wildman–Crippen LogP) is 3.15. The molecule has 4 heteroatoms. The molecule has 0 amide bonds. The van der Waals surface area contributed by atoms with Crippen molar-refractivity contribution >= 4 is 21.7 Å². The third-order valence-electron chi connectivity index (χ3n) is 2.29. The molecular weight excluding hydrogens is 272 g/mol. The molecule has 0 bridgehead atoms. The van der Waals surface area contributed by atoms with Crippen LogP contribution in [0.1, 0.15) is 30.1 Å². The molecule has 1 atom stereocenters. The summed E-state index contributed by atoms with van der Waals surface area (Å²) in [6.45, 7) is 2.02. The first-order valence-electron chi connectivity index (χ1n) is 5.15. The van der Waals surface area contributed by atoms with Crippen LogP contribution in [0.15, 0.2) is 18.2 Å². The van der Waals surface area contributed by atoms with Crippen molar-refractivity contribution < 1.29 is 14.6 Å². The van der Waals surface area contributed by atoms with Crippen molar-refractivity contribution in [1.82, 2.24) is 0 Å². The average molecular weight is 287 g/mol. The van der Waals surface area contributed by atoms with E-state index < -0.39 is 0 Å². The number of aromatic hydroxyl groups is 1. The van der Waals surface area contributed by atoms with Crippen molar-refractivity contribution in [2.24, 2.45) is 0 Å². The van der Waals surface area contributed by atoms with Crippen LogP contribution in [-0.4, -0.2) is 22.8 Å². The molecular formula is C12H15BrO3. The summed E-state index contributed by atoms with van der Waals surface area (Å²) >= 11 is 3.34. The van der Waals surface area contributed by atoms with E-state index in [0.717, 1.165) is 12.8 Å². The standard InChI is InChI=1S/C12H15BrO3/c1-3-4-9(13)12(15)8-5-6-11(16-2)10(14)7-8/h5-7,9,14H,3-4H2,1-2H3. The van der Waals surface area contributed by atoms with Gasteiger partial charge in [-0.15, -0.1) is 0 Å². The first kappa shape index (κ1) is 13.0. The Labute approximate surface area is 104 Å². The van der Waals surface area contributed by atoms with Gasteiger partial charge in [0, 0.05) is 5.56 Å². The maximum Gasteiger partial charge on any atom is 0.176 e. The molecule has 0 radical (unpaired) electrons. The Kier molecular flexibility index (Phi) is 4.80. The molecule has 0 aromatic heterocycles. The number of ketones is 1. The van der Waals surface area contributed by atoms with Crippen LogP contribution in [0.2, 0.25) is 0 Å². The summed E-state index contributed by atoms with van der Waals surface area (Å²) in [4.78, 5) is 11.7. The number of hydrogen-bond donors (Lipinski definition) is 1. The Morgan fingerprint density at radius 3 is 2.75 bits per heavy atom. The number of alkyl halides is 1. The third-order valence-corrected chi connectivity index (χ3v) is 3.16. The number of hydrogen-bond acceptors (Lipinski definition) is 3. The van der Waals surface area contributed by atoms with Crippen LogP contribution in [0.4, 0.5) is 0 Å². The second-order valence-electron chi connectivity index (χ2n) is 3.51. The van der Waals surface area contributed by atoms with Gasteiger partial charge in [0.15, 0.2) is 17.3 Å². The summed E-state index contributed by atoms with van der Waals surface area (Å²) in [7, 11) is 1.47. The van der Waals surface area contributed by atoms with E-state index in [1.807, 2.05) is 6.92 Å². The summed E-state index contributed by atoms with van der Waals surface area (Å²) in [6, 6.07) is 4.68. The molecule has 0 heterocycles. The van der Waals surface area contributed by atoms with Gasteiger partial charge in [0.1, 0.15) is 0 Å². The summed E-state index contributed by atoms with van der Waals surface area (Å²) in [5.74, 6) is 0.350. The van der Waals surface area contributed by atoms with Gasteiger partial charge in [-0.2, -0.15) is 0 Å². The highest BCUT2D eigenvalue weighted by Crippen LogP contribution is 2.27. The average Bonchev–Trinajstić information content (AvgIpc) is 2.28. The van der Waals surface area contributed by atoms with Gasteiger partial charge in [-0.3, -0.25) is 4.79 Å². The Morgan fingerprint density at radius 1 is 1.56 bits per heavy atom. The Morgan fingerprint density at radius 2 is 2.25 bits per heavy atom. The first-order valence-corrected chi connectivity index (χ1v) is 6.07. The molecule has 3 nitrogen and oxygen atoms in total. The van der Waals surface area contributed by atoms with Crippen molar-refractivity contribution in [2.45, 2.75) is 24.6 Å². The fraction of sp³-hybridized carbons (Fsp3) is 0.417. The highest BCUT2D eigenvalue weighted by molar-refractivity contribution is 9.10. The number of rotatable bonds is 5. The zero-order chi connectivity index (χ0) is 12.1. The molecule has 0 spiro atoms. The second-order valence-corrected chi connectivity index (χ2v) is 4.61. The van der Waals surface area contributed by atoms with Crippen molar-refractivity contribution in [1.29, 1.82) is 0 Å². The Hall–Kier alpha value is -1.03. The predicted molar refractivity (Wildman–Crippen MR) is 66.6 cm³/mol. The SMILES string of the molecule is CCCC(Br)C(=O)c1ccc(OC)c(O)c1. The van der Waals surface area contributed by atoms with Gasteiger partial charge in [0.25, 0.3) is 0 Å². The highest BCUT2D eigenvalue weighted by Gasteiger charge is 2.17. The number of phenols is 1. The molecule has 16 heavy (non-hydrogen) atoms. The number of benzene rings is 1. The quantitative estimate of drug-likeness (QED) is 0.668. The zero-order valence-corrected chi connectivity index (χ0v) is 11.0. The van der Waals surface area contributed by atoms with Gasteiger partial charge in [-0.1, -0.05) is 29.3 Å². The lowest BCUT2D eigenvalue weighted by atomic mass is 10.1.